The van der Waals surface area contributed by atoms with Gasteiger partial charge in [-0.2, -0.15) is 0 Å². The normalized spacial score (nSPS) is 10.5. The molecule has 0 fully saturated rings. The van der Waals surface area contributed by atoms with Crippen molar-refractivity contribution >= 4 is 45.8 Å². The lowest BCUT2D eigenvalue weighted by Gasteiger charge is -2.10. The summed E-state index contributed by atoms with van der Waals surface area (Å²) in [6, 6.07) is 11.4. The molecule has 0 saturated heterocycles. The monoisotopic (exact) mass is 481 g/mol. The van der Waals surface area contributed by atoms with Crippen molar-refractivity contribution in [2.75, 3.05) is 5.32 Å². The van der Waals surface area contributed by atoms with Gasteiger partial charge in [0.25, 0.3) is 11.6 Å². The lowest BCUT2D eigenvalue weighted by Crippen LogP contribution is -2.24. The van der Waals surface area contributed by atoms with E-state index in [9.17, 15) is 19.7 Å². The van der Waals surface area contributed by atoms with Crippen molar-refractivity contribution in [2.24, 2.45) is 5.92 Å². The van der Waals surface area contributed by atoms with Gasteiger partial charge in [0.1, 0.15) is 0 Å². The minimum absolute atomic E-state index is 0.0580. The number of nitrogens with one attached hydrogen (secondary N) is 2. The number of non-ortho nitro benzene ring substituents is 1. The Labute approximate surface area is 170 Å². The molecule has 2 N–H and O–H groups in total. The first-order chi connectivity index (χ1) is 12.8. The molecule has 142 valence electrons. The third kappa shape index (κ3) is 6.31. The number of nitro benzene ring substituents is 1. The maximum absolute atomic E-state index is 12.4. The highest BCUT2D eigenvalue weighted by molar-refractivity contribution is 14.1. The molecule has 2 aromatic carbocycles. The number of carbonyl (C=O) groups excluding carboxylic acids is 2. The predicted molar refractivity (Wildman–Crippen MR) is 112 cm³/mol. The Kier molecular flexibility index (Phi) is 7.28. The van der Waals surface area contributed by atoms with Gasteiger partial charge in [0.15, 0.2) is 0 Å². The van der Waals surface area contributed by atoms with Crippen molar-refractivity contribution in [3.8, 4) is 0 Å². The number of amides is 2. The molecule has 0 bridgehead atoms. The van der Waals surface area contributed by atoms with Crippen LogP contribution >= 0.6 is 22.6 Å². The largest absolute Gasteiger partial charge is 0.348 e. The highest BCUT2D eigenvalue weighted by Crippen LogP contribution is 2.20. The molecule has 0 aliphatic heterocycles. The van der Waals surface area contributed by atoms with Gasteiger partial charge in [-0.1, -0.05) is 26.0 Å². The molecule has 27 heavy (non-hydrogen) atoms. The lowest BCUT2D eigenvalue weighted by atomic mass is 10.1. The topological polar surface area (TPSA) is 101 Å². The minimum atomic E-state index is -0.532. The summed E-state index contributed by atoms with van der Waals surface area (Å²) in [5.74, 6) is -0.181. The predicted octanol–water partition coefficient (Wildman–Crippen LogP) is 4.11. The van der Waals surface area contributed by atoms with E-state index in [4.69, 9.17) is 0 Å². The Morgan fingerprint density at radius 2 is 1.93 bits per heavy atom. The number of nitro groups is 1. The second kappa shape index (κ2) is 9.45. The molecule has 0 radical (unpaired) electrons. The van der Waals surface area contributed by atoms with Crippen LogP contribution < -0.4 is 10.6 Å². The van der Waals surface area contributed by atoms with Crippen LogP contribution in [0.15, 0.2) is 42.5 Å². The van der Waals surface area contributed by atoms with Crippen molar-refractivity contribution in [3.63, 3.8) is 0 Å². The maximum Gasteiger partial charge on any atom is 0.270 e. The van der Waals surface area contributed by atoms with Crippen LogP contribution in [0.4, 0.5) is 11.4 Å². The van der Waals surface area contributed by atoms with Gasteiger partial charge in [0.2, 0.25) is 5.91 Å². The Morgan fingerprint density at radius 1 is 1.19 bits per heavy atom. The Balaban J connectivity index is 2.03. The van der Waals surface area contributed by atoms with Crippen molar-refractivity contribution in [2.45, 2.75) is 26.8 Å². The molecular formula is C19H20IN3O4. The summed E-state index contributed by atoms with van der Waals surface area (Å²) in [7, 11) is 0. The van der Waals surface area contributed by atoms with E-state index in [2.05, 4.69) is 10.6 Å². The van der Waals surface area contributed by atoms with Crippen LogP contribution in [0, 0.1) is 19.6 Å². The first-order valence-electron chi connectivity index (χ1n) is 8.37. The third-order valence-corrected chi connectivity index (χ3v) is 4.60. The highest BCUT2D eigenvalue weighted by Gasteiger charge is 2.15. The lowest BCUT2D eigenvalue weighted by molar-refractivity contribution is -0.384. The minimum Gasteiger partial charge on any atom is -0.348 e. The van der Waals surface area contributed by atoms with Crippen LogP contribution in [0.2, 0.25) is 0 Å². The molecule has 0 aliphatic carbocycles. The van der Waals surface area contributed by atoms with E-state index in [-0.39, 0.29) is 29.6 Å². The Hall–Kier alpha value is -2.49. The molecule has 0 aromatic heterocycles. The van der Waals surface area contributed by atoms with Gasteiger partial charge in [-0.05, 0) is 52.3 Å². The van der Waals surface area contributed by atoms with Crippen LogP contribution in [0.25, 0.3) is 0 Å². The van der Waals surface area contributed by atoms with Gasteiger partial charge in [-0.15, -0.1) is 0 Å². The molecule has 2 rings (SSSR count). The first-order valence-corrected chi connectivity index (χ1v) is 9.45. The zero-order valence-corrected chi connectivity index (χ0v) is 17.1. The number of nitrogens with zero attached hydrogens (tertiary/aromatic N) is 1. The second-order valence-electron chi connectivity index (χ2n) is 6.45. The molecule has 0 aliphatic rings. The summed E-state index contributed by atoms with van der Waals surface area (Å²) >= 11 is 1.97. The van der Waals surface area contributed by atoms with Crippen molar-refractivity contribution < 1.29 is 14.5 Å². The fourth-order valence-corrected chi connectivity index (χ4v) is 3.00. The van der Waals surface area contributed by atoms with Gasteiger partial charge < -0.3 is 10.6 Å². The van der Waals surface area contributed by atoms with Gasteiger partial charge in [0, 0.05) is 34.4 Å². The van der Waals surface area contributed by atoms with Crippen LogP contribution in [-0.4, -0.2) is 16.7 Å². The summed E-state index contributed by atoms with van der Waals surface area (Å²) < 4.78 is 0.630. The summed E-state index contributed by atoms with van der Waals surface area (Å²) in [5.41, 5.74) is 1.60. The van der Waals surface area contributed by atoms with Gasteiger partial charge in [-0.25, -0.2) is 0 Å². The molecular weight excluding hydrogens is 461 g/mol. The average molecular weight is 481 g/mol. The SMILES string of the molecule is CC(C)CC(=O)Nc1cccc(CNC(=O)c2cc([N+](=O)[O-])ccc2I)c1. The fourth-order valence-electron chi connectivity index (χ4n) is 2.42. The smallest absolute Gasteiger partial charge is 0.270 e. The summed E-state index contributed by atoms with van der Waals surface area (Å²) in [5, 5.41) is 16.5. The van der Waals surface area contributed by atoms with E-state index in [1.54, 1.807) is 24.3 Å². The molecule has 8 heteroatoms. The Bertz CT molecular complexity index is 868. The van der Waals surface area contributed by atoms with Crippen LogP contribution in [-0.2, 0) is 11.3 Å². The number of hydrogen-bond acceptors (Lipinski definition) is 4. The molecule has 0 spiro atoms. The standard InChI is InChI=1S/C19H20IN3O4/c1-12(2)8-18(24)22-14-5-3-4-13(9-14)11-21-19(25)16-10-15(23(26)27)6-7-17(16)20/h3-7,9-10,12H,8,11H2,1-2H3,(H,21,25)(H,22,24). The quantitative estimate of drug-likeness (QED) is 0.353. The van der Waals surface area contributed by atoms with Gasteiger partial charge in [-0.3, -0.25) is 19.7 Å². The first kappa shape index (κ1) is 20.8. The molecule has 2 amide bonds. The summed E-state index contributed by atoms with van der Waals surface area (Å²) in [6.07, 6.45) is 0.437. The van der Waals surface area contributed by atoms with Crippen molar-refractivity contribution in [3.05, 3.63) is 67.3 Å². The Morgan fingerprint density at radius 3 is 2.59 bits per heavy atom. The van der Waals surface area contributed by atoms with Gasteiger partial charge >= 0.3 is 0 Å². The van der Waals surface area contributed by atoms with Crippen LogP contribution in [0.5, 0.6) is 0 Å². The molecule has 7 nitrogen and oxygen atoms in total. The highest BCUT2D eigenvalue weighted by atomic mass is 127. The van der Waals surface area contributed by atoms with Crippen LogP contribution in [0.1, 0.15) is 36.2 Å². The van der Waals surface area contributed by atoms with Crippen molar-refractivity contribution in [1.82, 2.24) is 5.32 Å². The number of hydrogen-bond donors (Lipinski definition) is 2. The number of rotatable bonds is 7. The number of carbonyl (C=O) groups is 2. The molecule has 0 atom stereocenters. The molecule has 0 heterocycles. The number of halogens is 1. The second-order valence-corrected chi connectivity index (χ2v) is 7.61. The van der Waals surface area contributed by atoms with E-state index in [1.807, 2.05) is 42.5 Å². The third-order valence-electron chi connectivity index (χ3n) is 3.66. The number of benzene rings is 2. The molecule has 0 saturated carbocycles. The summed E-state index contributed by atoms with van der Waals surface area (Å²) in [4.78, 5) is 34.6. The van der Waals surface area contributed by atoms with Crippen LogP contribution in [0.3, 0.4) is 0 Å². The zero-order valence-electron chi connectivity index (χ0n) is 15.0. The zero-order chi connectivity index (χ0) is 20.0. The van der Waals surface area contributed by atoms with Crippen molar-refractivity contribution in [1.29, 1.82) is 0 Å². The fraction of sp³-hybridized carbons (Fsp3) is 0.263. The maximum atomic E-state index is 12.4. The average Bonchev–Trinajstić information content (AvgIpc) is 2.59. The van der Waals surface area contributed by atoms with E-state index < -0.39 is 10.8 Å². The van der Waals surface area contributed by atoms with E-state index in [0.717, 1.165) is 5.56 Å². The summed E-state index contributed by atoms with van der Waals surface area (Å²) in [6.45, 7) is 4.19. The molecule has 2 aromatic rings. The van der Waals surface area contributed by atoms with Gasteiger partial charge in [0.05, 0.1) is 10.5 Å². The number of anilines is 1. The molecule has 0 unspecified atom stereocenters. The van der Waals surface area contributed by atoms with E-state index in [1.165, 1.54) is 12.1 Å². The van der Waals surface area contributed by atoms with E-state index >= 15 is 0 Å². The van der Waals surface area contributed by atoms with E-state index in [0.29, 0.717) is 15.7 Å².